The summed E-state index contributed by atoms with van der Waals surface area (Å²) in [5, 5.41) is 5.80. The molecule has 3 aromatic rings. The molecule has 0 aliphatic heterocycles. The van der Waals surface area contributed by atoms with Crippen molar-refractivity contribution in [2.75, 3.05) is 10.8 Å². The number of hydrogen-bond acceptors (Lipinski definition) is 5. The van der Waals surface area contributed by atoms with Crippen molar-refractivity contribution in [1.82, 2.24) is 5.43 Å². The number of nitrogens with zero attached hydrogens (tertiary/aromatic N) is 2. The number of amides is 1. The van der Waals surface area contributed by atoms with Gasteiger partial charge in [-0.15, -0.1) is 11.3 Å². The normalized spacial score (nSPS) is 11.5. The molecular weight excluding hydrogens is 413 g/mol. The van der Waals surface area contributed by atoms with Gasteiger partial charge in [-0.05, 0) is 60.3 Å². The van der Waals surface area contributed by atoms with Crippen LogP contribution in [0.4, 0.5) is 10.1 Å². The first-order chi connectivity index (χ1) is 13.9. The van der Waals surface area contributed by atoms with Crippen molar-refractivity contribution in [2.45, 2.75) is 11.8 Å². The van der Waals surface area contributed by atoms with Gasteiger partial charge in [-0.2, -0.15) is 5.10 Å². The van der Waals surface area contributed by atoms with E-state index in [-0.39, 0.29) is 10.6 Å². The zero-order valence-corrected chi connectivity index (χ0v) is 17.1. The van der Waals surface area contributed by atoms with Gasteiger partial charge in [0.1, 0.15) is 12.4 Å². The summed E-state index contributed by atoms with van der Waals surface area (Å²) in [4.78, 5) is 13.3. The van der Waals surface area contributed by atoms with E-state index >= 15 is 0 Å². The van der Waals surface area contributed by atoms with Gasteiger partial charge in [0.2, 0.25) is 0 Å². The molecular formula is C20H18FN3O3S2. The Balaban J connectivity index is 1.83. The van der Waals surface area contributed by atoms with Gasteiger partial charge in [0.15, 0.2) is 0 Å². The first-order valence-electron chi connectivity index (χ1n) is 8.57. The lowest BCUT2D eigenvalue weighted by Gasteiger charge is -2.23. The van der Waals surface area contributed by atoms with E-state index < -0.39 is 28.3 Å². The molecule has 1 amide bonds. The largest absolute Gasteiger partial charge is 0.271 e. The van der Waals surface area contributed by atoms with Crippen molar-refractivity contribution in [1.29, 1.82) is 0 Å². The van der Waals surface area contributed by atoms with Crippen LogP contribution in [0.15, 0.2) is 76.0 Å². The number of thiophene rings is 1. The minimum Gasteiger partial charge on any atom is -0.271 e. The van der Waals surface area contributed by atoms with E-state index in [4.69, 9.17) is 0 Å². The molecule has 1 N–H and O–H groups in total. The first-order valence-corrected chi connectivity index (χ1v) is 10.9. The molecule has 1 heterocycles. The molecule has 3 rings (SSSR count). The Hall–Kier alpha value is -3.04. The van der Waals surface area contributed by atoms with Gasteiger partial charge in [-0.3, -0.25) is 9.10 Å². The molecule has 0 saturated carbocycles. The Bertz CT molecular complexity index is 1110. The molecule has 1 aromatic heterocycles. The summed E-state index contributed by atoms with van der Waals surface area (Å²) in [6.07, 6.45) is 1.51. The van der Waals surface area contributed by atoms with E-state index in [1.54, 1.807) is 18.2 Å². The number of sulfonamides is 1. The van der Waals surface area contributed by atoms with Gasteiger partial charge in [0.25, 0.3) is 15.9 Å². The summed E-state index contributed by atoms with van der Waals surface area (Å²) in [6.45, 7) is 1.41. The smallest absolute Gasteiger partial charge is 0.264 e. The quantitative estimate of drug-likeness (QED) is 0.459. The maximum Gasteiger partial charge on any atom is 0.264 e. The third-order valence-electron chi connectivity index (χ3n) is 4.01. The van der Waals surface area contributed by atoms with E-state index in [1.807, 2.05) is 18.4 Å². The van der Waals surface area contributed by atoms with Crippen LogP contribution in [-0.2, 0) is 14.8 Å². The second-order valence-electron chi connectivity index (χ2n) is 6.06. The molecule has 0 bridgehead atoms. The topological polar surface area (TPSA) is 78.8 Å². The fourth-order valence-electron chi connectivity index (χ4n) is 2.49. The molecule has 0 aliphatic rings. The molecule has 0 spiro atoms. The van der Waals surface area contributed by atoms with E-state index in [9.17, 15) is 17.6 Å². The molecule has 0 unspecified atom stereocenters. The van der Waals surface area contributed by atoms with Crippen LogP contribution in [0, 0.1) is 12.7 Å². The summed E-state index contributed by atoms with van der Waals surface area (Å²) in [5.41, 5.74) is 3.53. The standard InChI is InChI=1S/C20H18FN3O3S2/c1-15-11-12-28-19(15)13-22-23-20(25)14-24(17-9-7-16(21)8-10-17)29(26,27)18-5-3-2-4-6-18/h2-13H,14H2,1H3,(H,23,25). The third kappa shape index (κ3) is 5.07. The van der Waals surface area contributed by atoms with Crippen LogP contribution in [0.3, 0.4) is 0 Å². The highest BCUT2D eigenvalue weighted by Gasteiger charge is 2.27. The SMILES string of the molecule is Cc1ccsc1C=NNC(=O)CN(c1ccc(F)cc1)S(=O)(=O)c1ccccc1. The zero-order chi connectivity index (χ0) is 20.9. The molecule has 6 nitrogen and oxygen atoms in total. The van der Waals surface area contributed by atoms with Gasteiger partial charge in [-0.25, -0.2) is 18.2 Å². The summed E-state index contributed by atoms with van der Waals surface area (Å²) < 4.78 is 40.4. The number of aryl methyl sites for hydroxylation is 1. The van der Waals surface area contributed by atoms with Crippen molar-refractivity contribution in [3.05, 3.63) is 82.3 Å². The highest BCUT2D eigenvalue weighted by Crippen LogP contribution is 2.23. The summed E-state index contributed by atoms with van der Waals surface area (Å²) >= 11 is 1.47. The van der Waals surface area contributed by atoms with Crippen molar-refractivity contribution in [3.8, 4) is 0 Å². The van der Waals surface area contributed by atoms with Gasteiger partial charge in [-0.1, -0.05) is 18.2 Å². The van der Waals surface area contributed by atoms with Crippen LogP contribution < -0.4 is 9.73 Å². The van der Waals surface area contributed by atoms with Crippen LogP contribution in [0.2, 0.25) is 0 Å². The minimum absolute atomic E-state index is 0.0230. The Morgan fingerprint density at radius 2 is 1.83 bits per heavy atom. The molecule has 9 heteroatoms. The van der Waals surface area contributed by atoms with Crippen LogP contribution in [0.1, 0.15) is 10.4 Å². The van der Waals surface area contributed by atoms with Crippen LogP contribution >= 0.6 is 11.3 Å². The molecule has 0 saturated heterocycles. The van der Waals surface area contributed by atoms with Crippen LogP contribution in [0.25, 0.3) is 0 Å². The van der Waals surface area contributed by atoms with Crippen molar-refractivity contribution < 1.29 is 17.6 Å². The predicted octanol–water partition coefficient (Wildman–Crippen LogP) is 3.54. The van der Waals surface area contributed by atoms with Crippen LogP contribution in [0.5, 0.6) is 0 Å². The van der Waals surface area contributed by atoms with E-state index in [0.29, 0.717) is 0 Å². The highest BCUT2D eigenvalue weighted by atomic mass is 32.2. The Kier molecular flexibility index (Phi) is 6.40. The number of nitrogens with one attached hydrogen (secondary N) is 1. The average Bonchev–Trinajstić information content (AvgIpc) is 3.12. The number of rotatable bonds is 7. The molecule has 0 atom stereocenters. The van der Waals surface area contributed by atoms with Gasteiger partial charge >= 0.3 is 0 Å². The van der Waals surface area contributed by atoms with E-state index in [2.05, 4.69) is 10.5 Å². The van der Waals surface area contributed by atoms with Gasteiger partial charge < -0.3 is 0 Å². The third-order valence-corrected chi connectivity index (χ3v) is 6.75. The maximum absolute atomic E-state index is 13.3. The number of halogens is 1. The predicted molar refractivity (Wildman–Crippen MR) is 112 cm³/mol. The number of anilines is 1. The molecule has 0 fully saturated rings. The first kappa shape index (κ1) is 20.7. The van der Waals surface area contributed by atoms with Crippen molar-refractivity contribution >= 4 is 39.2 Å². The number of benzene rings is 2. The lowest BCUT2D eigenvalue weighted by molar-refractivity contribution is -0.119. The summed E-state index contributed by atoms with van der Waals surface area (Å²) in [6, 6.07) is 14.5. The molecule has 2 aromatic carbocycles. The number of carbonyl (C=O) groups excluding carboxylic acids is 1. The van der Waals surface area contributed by atoms with Gasteiger partial charge in [0, 0.05) is 4.88 Å². The number of carbonyl (C=O) groups is 1. The van der Waals surface area contributed by atoms with Crippen LogP contribution in [-0.4, -0.2) is 27.1 Å². The Labute approximate surface area is 172 Å². The number of hydrazone groups is 1. The maximum atomic E-state index is 13.3. The fraction of sp³-hybridized carbons (Fsp3) is 0.100. The second kappa shape index (κ2) is 8.97. The molecule has 0 aliphatic carbocycles. The van der Waals surface area contributed by atoms with E-state index in [1.165, 1.54) is 41.8 Å². The molecule has 0 radical (unpaired) electrons. The summed E-state index contributed by atoms with van der Waals surface area (Å²) in [5.74, 6) is -1.13. The minimum atomic E-state index is -4.04. The molecule has 150 valence electrons. The fourth-order valence-corrected chi connectivity index (χ4v) is 4.72. The zero-order valence-electron chi connectivity index (χ0n) is 15.4. The Morgan fingerprint density at radius 1 is 1.14 bits per heavy atom. The monoisotopic (exact) mass is 431 g/mol. The number of hydrogen-bond donors (Lipinski definition) is 1. The van der Waals surface area contributed by atoms with Crippen molar-refractivity contribution in [3.63, 3.8) is 0 Å². The Morgan fingerprint density at radius 3 is 2.45 bits per heavy atom. The average molecular weight is 432 g/mol. The molecule has 29 heavy (non-hydrogen) atoms. The van der Waals surface area contributed by atoms with Gasteiger partial charge in [0.05, 0.1) is 16.8 Å². The lowest BCUT2D eigenvalue weighted by atomic mass is 10.3. The van der Waals surface area contributed by atoms with E-state index in [0.717, 1.165) is 26.9 Å². The van der Waals surface area contributed by atoms with Crippen molar-refractivity contribution in [2.24, 2.45) is 5.10 Å². The highest BCUT2D eigenvalue weighted by molar-refractivity contribution is 7.92. The second-order valence-corrected chi connectivity index (χ2v) is 8.87. The summed E-state index contributed by atoms with van der Waals surface area (Å²) in [7, 11) is -4.04. The lowest BCUT2D eigenvalue weighted by Crippen LogP contribution is -2.39.